The highest BCUT2D eigenvalue weighted by atomic mass is 32.2. The minimum absolute atomic E-state index is 0.0527. The summed E-state index contributed by atoms with van der Waals surface area (Å²) < 4.78 is 62.7. The quantitative estimate of drug-likeness (QED) is 0.167. The van der Waals surface area contributed by atoms with E-state index in [0.717, 1.165) is 34.1 Å². The number of carbonyl (C=O) groups is 3. The maximum Gasteiger partial charge on any atom is 0.347 e. The Morgan fingerprint density at radius 1 is 1.02 bits per heavy atom. The summed E-state index contributed by atoms with van der Waals surface area (Å²) in [7, 11) is -0.826. The molecule has 2 N–H and O–H groups in total. The van der Waals surface area contributed by atoms with Crippen LogP contribution >= 0.6 is 9.24 Å². The number of hydrogen-bond donors (Lipinski definition) is 2. The van der Waals surface area contributed by atoms with Crippen LogP contribution in [0.2, 0.25) is 0 Å². The molecule has 0 saturated heterocycles. The van der Waals surface area contributed by atoms with Crippen LogP contribution in [0.1, 0.15) is 36.2 Å². The summed E-state index contributed by atoms with van der Waals surface area (Å²) in [5.41, 5.74) is 2.95. The number of carbonyl (C=O) groups excluding carboxylic acids is 3. The molecular formula is C34H35F2N2O7PS. The van der Waals surface area contributed by atoms with Crippen LogP contribution in [0.4, 0.5) is 14.5 Å². The molecule has 2 amide bonds. The normalized spacial score (nSPS) is 20.1. The molecular weight excluding hydrogens is 649 g/mol. The maximum atomic E-state index is 13.8. The molecule has 5 atom stereocenters. The fourth-order valence-corrected chi connectivity index (χ4v) is 7.49. The van der Waals surface area contributed by atoms with E-state index in [-0.39, 0.29) is 35.7 Å². The molecule has 13 heteroatoms. The van der Waals surface area contributed by atoms with Crippen molar-refractivity contribution in [2.24, 2.45) is 17.8 Å². The number of halogens is 2. The third-order valence-electron chi connectivity index (χ3n) is 8.52. The molecule has 1 unspecified atom stereocenters. The molecule has 0 spiro atoms. The van der Waals surface area contributed by atoms with Crippen LogP contribution in [0.25, 0.3) is 11.1 Å². The Morgan fingerprint density at radius 3 is 2.38 bits per heavy atom. The van der Waals surface area contributed by atoms with E-state index >= 15 is 0 Å². The summed E-state index contributed by atoms with van der Waals surface area (Å²) in [5, 5.41) is 2.52. The Labute approximate surface area is 274 Å². The number of allylic oxidation sites excluding steroid dienone is 1. The smallest absolute Gasteiger partial charge is 0.347 e. The Hall–Kier alpha value is -4.15. The summed E-state index contributed by atoms with van der Waals surface area (Å²) in [6.45, 7) is 1.94. The highest BCUT2D eigenvalue weighted by Crippen LogP contribution is 2.44. The van der Waals surface area contributed by atoms with Crippen LogP contribution < -0.4 is 20.7 Å². The molecule has 5 rings (SSSR count). The van der Waals surface area contributed by atoms with E-state index < -0.39 is 43.8 Å². The SMILES string of the molecule is COc1cc(P)c(-c2ccc(CCOC(C)=O)cc2)cc1C(=O)N[C@H]1[C@@H](C(=O)Nc2cccc(S(=O)(=O)C(C)(F)F)c2)[C@@H]2C=C[C@H]1C2. The van der Waals surface area contributed by atoms with Crippen molar-refractivity contribution in [1.82, 2.24) is 5.32 Å². The maximum absolute atomic E-state index is 13.8. The van der Waals surface area contributed by atoms with Crippen LogP contribution in [-0.2, 0) is 30.6 Å². The lowest BCUT2D eigenvalue weighted by molar-refractivity contribution is -0.140. The first-order valence-electron chi connectivity index (χ1n) is 14.9. The topological polar surface area (TPSA) is 128 Å². The van der Waals surface area contributed by atoms with Gasteiger partial charge in [-0.1, -0.05) is 42.5 Å². The third-order valence-corrected chi connectivity index (χ3v) is 10.8. The fraction of sp³-hybridized carbons (Fsp3) is 0.324. The highest BCUT2D eigenvalue weighted by Gasteiger charge is 2.49. The molecule has 0 aliphatic heterocycles. The van der Waals surface area contributed by atoms with Crippen LogP contribution in [0.5, 0.6) is 5.75 Å². The van der Waals surface area contributed by atoms with E-state index in [1.807, 2.05) is 36.4 Å². The lowest BCUT2D eigenvalue weighted by Crippen LogP contribution is -2.47. The minimum atomic E-state index is -4.94. The first kappa shape index (κ1) is 34.2. The van der Waals surface area contributed by atoms with E-state index in [4.69, 9.17) is 9.47 Å². The summed E-state index contributed by atoms with van der Waals surface area (Å²) in [5.74, 6) is -1.87. The zero-order valence-corrected chi connectivity index (χ0v) is 27.9. The fourth-order valence-electron chi connectivity index (χ4n) is 6.13. The predicted molar refractivity (Wildman–Crippen MR) is 176 cm³/mol. The van der Waals surface area contributed by atoms with E-state index in [1.54, 1.807) is 12.1 Å². The lowest BCUT2D eigenvalue weighted by atomic mass is 9.87. The molecule has 0 heterocycles. The molecule has 0 aromatic heterocycles. The summed E-state index contributed by atoms with van der Waals surface area (Å²) in [4.78, 5) is 37.8. The predicted octanol–water partition coefficient (Wildman–Crippen LogP) is 4.91. The zero-order chi connectivity index (χ0) is 34.1. The number of hydrogen-bond acceptors (Lipinski definition) is 7. The monoisotopic (exact) mass is 684 g/mol. The third kappa shape index (κ3) is 7.23. The Morgan fingerprint density at radius 2 is 1.72 bits per heavy atom. The van der Waals surface area contributed by atoms with Crippen LogP contribution in [0.15, 0.2) is 77.7 Å². The van der Waals surface area contributed by atoms with Gasteiger partial charge < -0.3 is 20.1 Å². The zero-order valence-electron chi connectivity index (χ0n) is 26.0. The molecule has 47 heavy (non-hydrogen) atoms. The number of rotatable bonds is 11. The van der Waals surface area contributed by atoms with Crippen molar-refractivity contribution in [2.45, 2.75) is 42.9 Å². The van der Waals surface area contributed by atoms with Gasteiger partial charge in [0, 0.05) is 32.0 Å². The average molecular weight is 685 g/mol. The minimum Gasteiger partial charge on any atom is -0.496 e. The number of alkyl halides is 2. The van der Waals surface area contributed by atoms with Gasteiger partial charge in [-0.05, 0) is 70.6 Å². The molecule has 1 fully saturated rings. The van der Waals surface area contributed by atoms with E-state index in [2.05, 4.69) is 19.9 Å². The number of nitrogens with one attached hydrogen (secondary N) is 2. The summed E-state index contributed by atoms with van der Waals surface area (Å²) in [6.07, 6.45) is 5.09. The number of sulfone groups is 1. The number of esters is 1. The van der Waals surface area contributed by atoms with Gasteiger partial charge in [-0.3, -0.25) is 14.4 Å². The van der Waals surface area contributed by atoms with Crippen molar-refractivity contribution < 1.29 is 41.1 Å². The second-order valence-electron chi connectivity index (χ2n) is 11.7. The Bertz CT molecular complexity index is 1840. The van der Waals surface area contributed by atoms with Gasteiger partial charge in [-0.25, -0.2) is 8.42 Å². The number of benzene rings is 3. The molecule has 0 radical (unpaired) electrons. The average Bonchev–Trinajstić information content (AvgIpc) is 3.63. The van der Waals surface area contributed by atoms with Crippen LogP contribution in [-0.4, -0.2) is 51.2 Å². The van der Waals surface area contributed by atoms with Crippen molar-refractivity contribution in [3.05, 3.63) is 83.9 Å². The lowest BCUT2D eigenvalue weighted by Gasteiger charge is -2.28. The van der Waals surface area contributed by atoms with Crippen molar-refractivity contribution in [3.63, 3.8) is 0 Å². The van der Waals surface area contributed by atoms with Crippen LogP contribution in [0.3, 0.4) is 0 Å². The van der Waals surface area contributed by atoms with Crippen LogP contribution in [0, 0.1) is 17.8 Å². The molecule has 2 bridgehead atoms. The number of methoxy groups -OCH3 is 1. The second-order valence-corrected chi connectivity index (χ2v) is 14.5. The number of fused-ring (bicyclic) bond motifs is 2. The molecule has 3 aromatic carbocycles. The van der Waals surface area contributed by atoms with Crippen molar-refractivity contribution in [3.8, 4) is 16.9 Å². The van der Waals surface area contributed by atoms with Crippen molar-refractivity contribution in [1.29, 1.82) is 0 Å². The number of anilines is 1. The summed E-state index contributed by atoms with van der Waals surface area (Å²) in [6, 6.07) is 15.4. The van der Waals surface area contributed by atoms with Gasteiger partial charge in [0.1, 0.15) is 5.75 Å². The largest absolute Gasteiger partial charge is 0.496 e. The van der Waals surface area contributed by atoms with Gasteiger partial charge in [0.2, 0.25) is 15.7 Å². The molecule has 3 aromatic rings. The molecule has 9 nitrogen and oxygen atoms in total. The van der Waals surface area contributed by atoms with Gasteiger partial charge in [0.15, 0.2) is 0 Å². The molecule has 2 aliphatic rings. The first-order chi connectivity index (χ1) is 22.2. The summed E-state index contributed by atoms with van der Waals surface area (Å²) >= 11 is 0. The number of amides is 2. The first-order valence-corrected chi connectivity index (χ1v) is 17.0. The van der Waals surface area contributed by atoms with E-state index in [0.29, 0.717) is 25.5 Å². The van der Waals surface area contributed by atoms with Crippen molar-refractivity contribution >= 4 is 47.9 Å². The molecule has 2 aliphatic carbocycles. The van der Waals surface area contributed by atoms with Gasteiger partial charge in [0.25, 0.3) is 5.91 Å². The molecule has 1 saturated carbocycles. The number of ether oxygens (including phenoxy) is 2. The van der Waals surface area contributed by atoms with Gasteiger partial charge >= 0.3 is 11.2 Å². The van der Waals surface area contributed by atoms with E-state index in [1.165, 1.54) is 26.2 Å². The van der Waals surface area contributed by atoms with Gasteiger partial charge in [0.05, 0.1) is 30.1 Å². The Balaban J connectivity index is 1.36. The van der Waals surface area contributed by atoms with Gasteiger partial charge in [-0.2, -0.15) is 8.78 Å². The Kier molecular flexibility index (Phi) is 9.84. The molecule has 248 valence electrons. The second kappa shape index (κ2) is 13.5. The standard InChI is InChI=1S/C34H35F2N2O7PS/c1-19(39)45-14-13-20-7-9-21(10-8-20)26-17-27(28(44-3)18-29(26)46)32(40)38-31-23-12-11-22(15-23)30(31)33(41)37-24-5-4-6-25(16-24)47(42,43)34(2,35)36/h4-12,16-18,22-23,30-31H,13-15,46H2,1-3H3,(H,37,41)(H,38,40)/t22-,23+,30+,31-/m1/s1. The van der Waals surface area contributed by atoms with E-state index in [9.17, 15) is 31.6 Å². The highest BCUT2D eigenvalue weighted by molar-refractivity contribution is 7.92. The van der Waals surface area contributed by atoms with Gasteiger partial charge in [-0.15, -0.1) is 9.24 Å². The van der Waals surface area contributed by atoms with Crippen molar-refractivity contribution in [2.75, 3.05) is 19.0 Å².